The van der Waals surface area contributed by atoms with Crippen molar-refractivity contribution >= 4 is 0 Å². The first kappa shape index (κ1) is 13.4. The van der Waals surface area contributed by atoms with Gasteiger partial charge in [-0.05, 0) is 55.7 Å². The molecular formula is C16H25NO. The van der Waals surface area contributed by atoms with Crippen LogP contribution in [-0.4, -0.2) is 6.10 Å². The van der Waals surface area contributed by atoms with Gasteiger partial charge in [-0.3, -0.25) is 0 Å². The zero-order chi connectivity index (χ0) is 13.2. The third-order valence-corrected chi connectivity index (χ3v) is 3.99. The molecule has 2 heteroatoms. The number of benzene rings is 1. The van der Waals surface area contributed by atoms with Gasteiger partial charge in [0.1, 0.15) is 5.75 Å². The number of hydrogen-bond acceptors (Lipinski definition) is 2. The van der Waals surface area contributed by atoms with Crippen molar-refractivity contribution in [1.29, 1.82) is 0 Å². The summed E-state index contributed by atoms with van der Waals surface area (Å²) in [4.78, 5) is 0. The van der Waals surface area contributed by atoms with Crippen molar-refractivity contribution in [2.75, 3.05) is 0 Å². The Bertz CT molecular complexity index is 371. The molecule has 1 aromatic rings. The first-order chi connectivity index (χ1) is 8.46. The van der Waals surface area contributed by atoms with Crippen molar-refractivity contribution in [3.8, 4) is 5.75 Å². The highest BCUT2D eigenvalue weighted by atomic mass is 16.5. The molecule has 18 heavy (non-hydrogen) atoms. The molecule has 1 fully saturated rings. The van der Waals surface area contributed by atoms with Gasteiger partial charge < -0.3 is 10.5 Å². The van der Waals surface area contributed by atoms with Crippen LogP contribution in [0.25, 0.3) is 0 Å². The minimum Gasteiger partial charge on any atom is -0.490 e. The lowest BCUT2D eigenvalue weighted by atomic mass is 9.76. The van der Waals surface area contributed by atoms with Gasteiger partial charge in [0.15, 0.2) is 0 Å². The smallest absolute Gasteiger partial charge is 0.119 e. The summed E-state index contributed by atoms with van der Waals surface area (Å²) in [6, 6.07) is 8.30. The normalized spacial score (nSPS) is 21.6. The van der Waals surface area contributed by atoms with Crippen LogP contribution in [-0.2, 0) is 0 Å². The Hall–Kier alpha value is -1.02. The van der Waals surface area contributed by atoms with Crippen molar-refractivity contribution in [2.24, 2.45) is 11.1 Å². The molecule has 0 bridgehead atoms. The Morgan fingerprint density at radius 2 is 1.72 bits per heavy atom. The Morgan fingerprint density at radius 1 is 1.17 bits per heavy atom. The van der Waals surface area contributed by atoms with E-state index in [0.717, 1.165) is 11.3 Å². The fraction of sp³-hybridized carbons (Fsp3) is 0.625. The Balaban J connectivity index is 1.90. The lowest BCUT2D eigenvalue weighted by Gasteiger charge is -2.34. The van der Waals surface area contributed by atoms with E-state index in [1.54, 1.807) is 0 Å². The number of hydrogen-bond donors (Lipinski definition) is 1. The molecule has 0 aliphatic heterocycles. The Morgan fingerprint density at radius 3 is 2.22 bits per heavy atom. The summed E-state index contributed by atoms with van der Waals surface area (Å²) in [5.41, 5.74) is 7.50. The summed E-state index contributed by atoms with van der Waals surface area (Å²) in [6.45, 7) is 6.69. The summed E-state index contributed by atoms with van der Waals surface area (Å²) >= 11 is 0. The third kappa shape index (κ3) is 3.49. The number of ether oxygens (including phenoxy) is 1. The van der Waals surface area contributed by atoms with Crippen molar-refractivity contribution in [2.45, 2.75) is 58.6 Å². The average Bonchev–Trinajstić information content (AvgIpc) is 2.33. The molecule has 0 spiro atoms. The van der Waals surface area contributed by atoms with E-state index in [4.69, 9.17) is 10.5 Å². The van der Waals surface area contributed by atoms with E-state index in [-0.39, 0.29) is 6.04 Å². The lowest BCUT2D eigenvalue weighted by molar-refractivity contribution is 0.0987. The van der Waals surface area contributed by atoms with Crippen LogP contribution < -0.4 is 10.5 Å². The zero-order valence-corrected chi connectivity index (χ0v) is 11.8. The number of rotatable bonds is 3. The standard InChI is InChI=1S/C16H25NO/c1-12(17)13-4-6-14(7-5-13)18-15-8-10-16(2,3)11-9-15/h4-7,12,15H,8-11,17H2,1-3H3/t12-/m1/s1. The predicted molar refractivity (Wildman–Crippen MR) is 75.7 cm³/mol. The molecule has 1 aromatic carbocycles. The lowest BCUT2D eigenvalue weighted by Crippen LogP contribution is -2.28. The second-order valence-electron chi connectivity index (χ2n) is 6.34. The topological polar surface area (TPSA) is 35.2 Å². The van der Waals surface area contributed by atoms with E-state index in [1.807, 2.05) is 19.1 Å². The maximum absolute atomic E-state index is 6.04. The Kier molecular flexibility index (Phi) is 3.96. The van der Waals surface area contributed by atoms with Crippen LogP contribution in [0.3, 0.4) is 0 Å². The van der Waals surface area contributed by atoms with Gasteiger partial charge in [-0.2, -0.15) is 0 Å². The van der Waals surface area contributed by atoms with Crippen LogP contribution in [0.4, 0.5) is 0 Å². The molecular weight excluding hydrogens is 222 g/mol. The van der Waals surface area contributed by atoms with E-state index in [9.17, 15) is 0 Å². The summed E-state index contributed by atoms with van der Waals surface area (Å²) < 4.78 is 6.04. The van der Waals surface area contributed by atoms with Crippen LogP contribution in [0.1, 0.15) is 58.1 Å². The van der Waals surface area contributed by atoms with Gasteiger partial charge in [0.25, 0.3) is 0 Å². The summed E-state index contributed by atoms with van der Waals surface area (Å²) in [6.07, 6.45) is 5.24. The molecule has 0 amide bonds. The van der Waals surface area contributed by atoms with Crippen LogP contribution in [0.15, 0.2) is 24.3 Å². The van der Waals surface area contributed by atoms with Crippen LogP contribution in [0.5, 0.6) is 5.75 Å². The van der Waals surface area contributed by atoms with Crippen LogP contribution >= 0.6 is 0 Å². The molecule has 1 aliphatic rings. The first-order valence-electron chi connectivity index (χ1n) is 6.98. The van der Waals surface area contributed by atoms with Gasteiger partial charge in [0.2, 0.25) is 0 Å². The van der Waals surface area contributed by atoms with E-state index in [1.165, 1.54) is 25.7 Å². The fourth-order valence-electron chi connectivity index (χ4n) is 2.53. The van der Waals surface area contributed by atoms with Gasteiger partial charge in [0.05, 0.1) is 6.10 Å². The maximum atomic E-state index is 6.04. The minimum atomic E-state index is 0.0922. The SMILES string of the molecule is C[C@@H](N)c1ccc(OC2CCC(C)(C)CC2)cc1. The van der Waals surface area contributed by atoms with Gasteiger partial charge in [-0.1, -0.05) is 26.0 Å². The van der Waals surface area contributed by atoms with E-state index in [2.05, 4.69) is 26.0 Å². The summed E-state index contributed by atoms with van der Waals surface area (Å²) in [5, 5.41) is 0. The largest absolute Gasteiger partial charge is 0.490 e. The Labute approximate surface area is 111 Å². The molecule has 2 nitrogen and oxygen atoms in total. The van der Waals surface area contributed by atoms with Gasteiger partial charge in [-0.15, -0.1) is 0 Å². The first-order valence-corrected chi connectivity index (χ1v) is 6.98. The molecule has 1 saturated carbocycles. The number of nitrogens with two attached hydrogens (primary N) is 1. The zero-order valence-electron chi connectivity index (χ0n) is 11.8. The van der Waals surface area contributed by atoms with Gasteiger partial charge >= 0.3 is 0 Å². The third-order valence-electron chi connectivity index (χ3n) is 3.99. The maximum Gasteiger partial charge on any atom is 0.119 e. The second kappa shape index (κ2) is 5.31. The molecule has 100 valence electrons. The molecule has 2 N–H and O–H groups in total. The highest BCUT2D eigenvalue weighted by molar-refractivity contribution is 5.28. The summed E-state index contributed by atoms with van der Waals surface area (Å²) in [5.74, 6) is 0.976. The molecule has 0 radical (unpaired) electrons. The summed E-state index contributed by atoms with van der Waals surface area (Å²) in [7, 11) is 0. The van der Waals surface area contributed by atoms with Crippen molar-refractivity contribution in [3.05, 3.63) is 29.8 Å². The van der Waals surface area contributed by atoms with Gasteiger partial charge in [-0.25, -0.2) is 0 Å². The van der Waals surface area contributed by atoms with Gasteiger partial charge in [0, 0.05) is 6.04 Å². The molecule has 0 unspecified atom stereocenters. The molecule has 1 aliphatic carbocycles. The molecule has 0 heterocycles. The van der Waals surface area contributed by atoms with Crippen LogP contribution in [0, 0.1) is 5.41 Å². The molecule has 0 saturated heterocycles. The van der Waals surface area contributed by atoms with E-state index < -0.39 is 0 Å². The molecule has 2 rings (SSSR count). The highest BCUT2D eigenvalue weighted by Crippen LogP contribution is 2.36. The van der Waals surface area contributed by atoms with Crippen LogP contribution in [0.2, 0.25) is 0 Å². The highest BCUT2D eigenvalue weighted by Gasteiger charge is 2.27. The predicted octanol–water partition coefficient (Wildman–Crippen LogP) is 4.05. The van der Waals surface area contributed by atoms with Crippen molar-refractivity contribution in [1.82, 2.24) is 0 Å². The fourth-order valence-corrected chi connectivity index (χ4v) is 2.53. The molecule has 1 atom stereocenters. The van der Waals surface area contributed by atoms with Crippen molar-refractivity contribution < 1.29 is 4.74 Å². The minimum absolute atomic E-state index is 0.0922. The van der Waals surface area contributed by atoms with E-state index in [0.29, 0.717) is 11.5 Å². The van der Waals surface area contributed by atoms with Crippen molar-refractivity contribution in [3.63, 3.8) is 0 Å². The quantitative estimate of drug-likeness (QED) is 0.874. The second-order valence-corrected chi connectivity index (χ2v) is 6.34. The van der Waals surface area contributed by atoms with E-state index >= 15 is 0 Å². The average molecular weight is 247 g/mol. The molecule has 0 aromatic heterocycles. The monoisotopic (exact) mass is 247 g/mol.